The number of aromatic nitrogens is 2. The van der Waals surface area contributed by atoms with E-state index in [0.717, 1.165) is 50.6 Å². The second kappa shape index (κ2) is 8.23. The Balaban J connectivity index is 2.17. The molecule has 0 saturated carbocycles. The first-order chi connectivity index (χ1) is 8.22. The van der Waals surface area contributed by atoms with Gasteiger partial charge in [-0.05, 0) is 38.3 Å². The van der Waals surface area contributed by atoms with Crippen LogP contribution < -0.4 is 5.32 Å². The lowest BCUT2D eigenvalue weighted by atomic mass is 10.1. The number of hydrogen-bond acceptors (Lipinski definition) is 4. The largest absolute Gasteiger partial charge is 0.425 e. The Kier molecular flexibility index (Phi) is 6.86. The summed E-state index contributed by atoms with van der Waals surface area (Å²) in [6.07, 6.45) is 5.13. The highest BCUT2D eigenvalue weighted by Crippen LogP contribution is 2.08. The number of hydrogen-bond donors (Lipinski definition) is 1. The van der Waals surface area contributed by atoms with Gasteiger partial charge in [-0.3, -0.25) is 0 Å². The summed E-state index contributed by atoms with van der Waals surface area (Å²) < 4.78 is 5.59. The van der Waals surface area contributed by atoms with Crippen LogP contribution in [0, 0.1) is 5.92 Å². The van der Waals surface area contributed by atoms with E-state index >= 15 is 0 Å². The molecule has 1 heterocycles. The van der Waals surface area contributed by atoms with E-state index in [1.807, 2.05) is 0 Å². The van der Waals surface area contributed by atoms with Gasteiger partial charge in [-0.15, -0.1) is 10.2 Å². The van der Waals surface area contributed by atoms with E-state index in [-0.39, 0.29) is 0 Å². The van der Waals surface area contributed by atoms with E-state index in [2.05, 4.69) is 36.3 Å². The summed E-state index contributed by atoms with van der Waals surface area (Å²) in [5, 5.41) is 11.5. The van der Waals surface area contributed by atoms with E-state index in [4.69, 9.17) is 4.42 Å². The second-order valence-electron chi connectivity index (χ2n) is 4.88. The molecule has 0 aliphatic carbocycles. The second-order valence-corrected chi connectivity index (χ2v) is 4.88. The van der Waals surface area contributed by atoms with Crippen molar-refractivity contribution >= 4 is 0 Å². The molecule has 1 rings (SSSR count). The van der Waals surface area contributed by atoms with E-state index in [0.29, 0.717) is 5.92 Å². The van der Waals surface area contributed by atoms with Gasteiger partial charge in [0, 0.05) is 12.8 Å². The Labute approximate surface area is 104 Å². The van der Waals surface area contributed by atoms with Gasteiger partial charge in [0.2, 0.25) is 11.8 Å². The molecule has 0 spiro atoms. The molecule has 0 fully saturated rings. The van der Waals surface area contributed by atoms with Gasteiger partial charge < -0.3 is 9.73 Å². The molecule has 1 aromatic heterocycles. The lowest BCUT2D eigenvalue weighted by molar-refractivity contribution is 0.424. The van der Waals surface area contributed by atoms with E-state index in [1.165, 1.54) is 6.42 Å². The van der Waals surface area contributed by atoms with Gasteiger partial charge in [-0.25, -0.2) is 0 Å². The van der Waals surface area contributed by atoms with Crippen LogP contribution in [0.2, 0.25) is 0 Å². The zero-order valence-corrected chi connectivity index (χ0v) is 11.3. The van der Waals surface area contributed by atoms with Gasteiger partial charge in [0.25, 0.3) is 0 Å². The first kappa shape index (κ1) is 14.2. The van der Waals surface area contributed by atoms with Gasteiger partial charge in [0.1, 0.15) is 0 Å². The zero-order valence-electron chi connectivity index (χ0n) is 11.3. The van der Waals surface area contributed by atoms with Crippen molar-refractivity contribution in [3.63, 3.8) is 0 Å². The molecule has 4 heteroatoms. The molecule has 1 aromatic rings. The normalized spacial score (nSPS) is 11.3. The van der Waals surface area contributed by atoms with Crippen LogP contribution in [-0.2, 0) is 12.8 Å². The fourth-order valence-corrected chi connectivity index (χ4v) is 1.57. The fourth-order valence-electron chi connectivity index (χ4n) is 1.57. The molecule has 0 bridgehead atoms. The number of aryl methyl sites for hydroxylation is 2. The molecule has 0 aromatic carbocycles. The molecule has 0 radical (unpaired) electrons. The maximum atomic E-state index is 5.59. The van der Waals surface area contributed by atoms with Crippen LogP contribution in [0.4, 0.5) is 0 Å². The minimum Gasteiger partial charge on any atom is -0.425 e. The van der Waals surface area contributed by atoms with Gasteiger partial charge in [-0.2, -0.15) is 0 Å². The molecule has 4 nitrogen and oxygen atoms in total. The fraction of sp³-hybridized carbons (Fsp3) is 0.846. The predicted molar refractivity (Wildman–Crippen MR) is 68.9 cm³/mol. The van der Waals surface area contributed by atoms with Crippen LogP contribution >= 0.6 is 0 Å². The summed E-state index contributed by atoms with van der Waals surface area (Å²) >= 11 is 0. The van der Waals surface area contributed by atoms with Gasteiger partial charge >= 0.3 is 0 Å². The third-order valence-corrected chi connectivity index (χ3v) is 2.62. The standard InChI is InChI=1S/C13H25N3O/c1-4-9-14-10-5-6-12-15-16-13(17-12)8-7-11(2)3/h11,14H,4-10H2,1-3H3. The third-order valence-electron chi connectivity index (χ3n) is 2.62. The molecule has 0 aliphatic heterocycles. The van der Waals surface area contributed by atoms with Crippen molar-refractivity contribution in [1.29, 1.82) is 0 Å². The van der Waals surface area contributed by atoms with Gasteiger partial charge in [0.05, 0.1) is 0 Å². The number of rotatable bonds is 9. The summed E-state index contributed by atoms with van der Waals surface area (Å²) in [7, 11) is 0. The quantitative estimate of drug-likeness (QED) is 0.673. The maximum absolute atomic E-state index is 5.59. The molecule has 0 amide bonds. The average Bonchev–Trinajstić information content (AvgIpc) is 2.74. The highest BCUT2D eigenvalue weighted by atomic mass is 16.4. The van der Waals surface area contributed by atoms with Gasteiger partial charge in [0.15, 0.2) is 0 Å². The summed E-state index contributed by atoms with van der Waals surface area (Å²) in [6.45, 7) is 8.69. The van der Waals surface area contributed by atoms with Crippen LogP contribution in [0.3, 0.4) is 0 Å². The zero-order chi connectivity index (χ0) is 12.5. The van der Waals surface area contributed by atoms with E-state index in [9.17, 15) is 0 Å². The van der Waals surface area contributed by atoms with Gasteiger partial charge in [-0.1, -0.05) is 20.8 Å². The summed E-state index contributed by atoms with van der Waals surface area (Å²) in [5.74, 6) is 2.25. The summed E-state index contributed by atoms with van der Waals surface area (Å²) in [6, 6.07) is 0. The van der Waals surface area contributed by atoms with E-state index in [1.54, 1.807) is 0 Å². The van der Waals surface area contributed by atoms with Crippen LogP contribution in [0.15, 0.2) is 4.42 Å². The van der Waals surface area contributed by atoms with Crippen molar-refractivity contribution < 1.29 is 4.42 Å². The van der Waals surface area contributed by atoms with Crippen molar-refractivity contribution in [1.82, 2.24) is 15.5 Å². The molecule has 17 heavy (non-hydrogen) atoms. The molecule has 1 N–H and O–H groups in total. The highest BCUT2D eigenvalue weighted by molar-refractivity contribution is 4.82. The SMILES string of the molecule is CCCNCCCc1nnc(CCC(C)C)o1. The van der Waals surface area contributed by atoms with Crippen molar-refractivity contribution in [2.24, 2.45) is 5.92 Å². The smallest absolute Gasteiger partial charge is 0.216 e. The van der Waals surface area contributed by atoms with Crippen LogP contribution in [0.1, 0.15) is 51.8 Å². The Bertz CT molecular complexity index is 297. The first-order valence-corrected chi connectivity index (χ1v) is 6.74. The minimum atomic E-state index is 0.684. The first-order valence-electron chi connectivity index (χ1n) is 6.74. The molecule has 0 unspecified atom stereocenters. The van der Waals surface area contributed by atoms with Crippen molar-refractivity contribution in [3.05, 3.63) is 11.8 Å². The molecule has 98 valence electrons. The Morgan fingerprint density at radius 3 is 2.47 bits per heavy atom. The molecular formula is C13H25N3O. The topological polar surface area (TPSA) is 51.0 Å². The molecule has 0 atom stereocenters. The van der Waals surface area contributed by atoms with Crippen LogP contribution in [0.5, 0.6) is 0 Å². The highest BCUT2D eigenvalue weighted by Gasteiger charge is 2.06. The Morgan fingerprint density at radius 2 is 1.82 bits per heavy atom. The lowest BCUT2D eigenvalue weighted by Crippen LogP contribution is -2.16. The van der Waals surface area contributed by atoms with Crippen LogP contribution in [0.25, 0.3) is 0 Å². The summed E-state index contributed by atoms with van der Waals surface area (Å²) in [5.41, 5.74) is 0. The van der Waals surface area contributed by atoms with Crippen LogP contribution in [-0.4, -0.2) is 23.3 Å². The molecule has 0 saturated heterocycles. The van der Waals surface area contributed by atoms with Crippen molar-refractivity contribution in [2.45, 2.75) is 52.9 Å². The van der Waals surface area contributed by atoms with Crippen molar-refractivity contribution in [2.75, 3.05) is 13.1 Å². The third kappa shape index (κ3) is 6.41. The van der Waals surface area contributed by atoms with Crippen molar-refractivity contribution in [3.8, 4) is 0 Å². The summed E-state index contributed by atoms with van der Waals surface area (Å²) in [4.78, 5) is 0. The maximum Gasteiger partial charge on any atom is 0.216 e. The lowest BCUT2D eigenvalue weighted by Gasteiger charge is -2.00. The molecular weight excluding hydrogens is 214 g/mol. The Morgan fingerprint density at radius 1 is 1.12 bits per heavy atom. The predicted octanol–water partition coefficient (Wildman–Crippen LogP) is 2.59. The monoisotopic (exact) mass is 239 g/mol. The number of nitrogens with zero attached hydrogens (tertiary/aromatic N) is 2. The average molecular weight is 239 g/mol. The van der Waals surface area contributed by atoms with E-state index < -0.39 is 0 Å². The minimum absolute atomic E-state index is 0.684. The molecule has 0 aliphatic rings. The number of nitrogens with one attached hydrogen (secondary N) is 1. The Hall–Kier alpha value is -0.900.